The van der Waals surface area contributed by atoms with Crippen LogP contribution in [-0.2, 0) is 16.1 Å². The molecule has 1 aliphatic carbocycles. The van der Waals surface area contributed by atoms with Gasteiger partial charge in [0, 0.05) is 31.0 Å². The molecule has 3 rings (SSSR count). The SMILES string of the molecule is O=C(NCCCSC1CCCCC1)[C@H]1CC(=O)N(Cc2ccccn2)C1. The number of carbonyl (C=O) groups excluding carboxylic acids is 2. The van der Waals surface area contributed by atoms with Gasteiger partial charge >= 0.3 is 0 Å². The Kier molecular flexibility index (Phi) is 7.35. The van der Waals surface area contributed by atoms with E-state index in [1.54, 1.807) is 11.1 Å². The van der Waals surface area contributed by atoms with Gasteiger partial charge in [-0.2, -0.15) is 11.8 Å². The lowest BCUT2D eigenvalue weighted by Crippen LogP contribution is -2.33. The van der Waals surface area contributed by atoms with Crippen LogP contribution in [0.15, 0.2) is 24.4 Å². The molecule has 2 heterocycles. The highest BCUT2D eigenvalue weighted by Gasteiger charge is 2.34. The third kappa shape index (κ3) is 5.73. The number of pyridine rings is 1. The van der Waals surface area contributed by atoms with Crippen molar-refractivity contribution in [3.8, 4) is 0 Å². The second kappa shape index (κ2) is 9.95. The van der Waals surface area contributed by atoms with E-state index < -0.39 is 0 Å². The van der Waals surface area contributed by atoms with Gasteiger partial charge in [0.15, 0.2) is 0 Å². The molecule has 1 aromatic rings. The number of hydrogen-bond donors (Lipinski definition) is 1. The van der Waals surface area contributed by atoms with Gasteiger partial charge in [-0.25, -0.2) is 0 Å². The summed E-state index contributed by atoms with van der Waals surface area (Å²) in [6.45, 7) is 1.70. The lowest BCUT2D eigenvalue weighted by Gasteiger charge is -2.20. The number of carbonyl (C=O) groups is 2. The van der Waals surface area contributed by atoms with Gasteiger partial charge in [0.1, 0.15) is 0 Å². The monoisotopic (exact) mass is 375 g/mol. The minimum Gasteiger partial charge on any atom is -0.356 e. The molecule has 0 aromatic carbocycles. The van der Waals surface area contributed by atoms with Gasteiger partial charge in [0.05, 0.1) is 18.2 Å². The average molecular weight is 376 g/mol. The van der Waals surface area contributed by atoms with Crippen LogP contribution in [0.5, 0.6) is 0 Å². The van der Waals surface area contributed by atoms with Gasteiger partial charge in [0.25, 0.3) is 0 Å². The third-order valence-electron chi connectivity index (χ3n) is 5.19. The van der Waals surface area contributed by atoms with Crippen LogP contribution in [-0.4, -0.2) is 45.8 Å². The van der Waals surface area contributed by atoms with Gasteiger partial charge in [-0.15, -0.1) is 0 Å². The number of amides is 2. The molecule has 0 spiro atoms. The van der Waals surface area contributed by atoms with Crippen LogP contribution in [0, 0.1) is 5.92 Å². The maximum absolute atomic E-state index is 12.3. The second-order valence-electron chi connectivity index (χ2n) is 7.27. The molecule has 1 saturated carbocycles. The maximum Gasteiger partial charge on any atom is 0.225 e. The summed E-state index contributed by atoms with van der Waals surface area (Å²) >= 11 is 2.06. The average Bonchev–Trinajstić information content (AvgIpc) is 3.03. The van der Waals surface area contributed by atoms with Crippen LogP contribution in [0.2, 0.25) is 0 Å². The Morgan fingerprint density at radius 3 is 2.88 bits per heavy atom. The molecule has 6 heteroatoms. The number of hydrogen-bond acceptors (Lipinski definition) is 4. The lowest BCUT2D eigenvalue weighted by atomic mass is 10.0. The highest BCUT2D eigenvalue weighted by Crippen LogP contribution is 2.28. The standard InChI is InChI=1S/C20H29N3O2S/c24-19-13-16(14-23(19)15-17-7-4-5-10-21-17)20(25)22-11-6-12-26-18-8-2-1-3-9-18/h4-5,7,10,16,18H,1-3,6,8-9,11-15H2,(H,22,25)/t16-/m0/s1. The van der Waals surface area contributed by atoms with Crippen molar-refractivity contribution in [1.29, 1.82) is 0 Å². The first-order valence-electron chi connectivity index (χ1n) is 9.79. The van der Waals surface area contributed by atoms with Crippen molar-refractivity contribution in [2.45, 2.75) is 56.7 Å². The summed E-state index contributed by atoms with van der Waals surface area (Å²) in [5.74, 6) is 0.950. The molecule has 2 amide bonds. The molecule has 5 nitrogen and oxygen atoms in total. The van der Waals surface area contributed by atoms with Crippen molar-refractivity contribution < 1.29 is 9.59 Å². The second-order valence-corrected chi connectivity index (χ2v) is 8.68. The smallest absolute Gasteiger partial charge is 0.225 e. The van der Waals surface area contributed by atoms with E-state index in [1.165, 1.54) is 32.1 Å². The van der Waals surface area contributed by atoms with Gasteiger partial charge in [-0.05, 0) is 37.1 Å². The van der Waals surface area contributed by atoms with Crippen LogP contribution >= 0.6 is 11.8 Å². The topological polar surface area (TPSA) is 62.3 Å². The first kappa shape index (κ1) is 19.2. The van der Waals surface area contributed by atoms with Crippen molar-refractivity contribution in [3.05, 3.63) is 30.1 Å². The van der Waals surface area contributed by atoms with Crippen LogP contribution in [0.4, 0.5) is 0 Å². The molecule has 1 saturated heterocycles. The van der Waals surface area contributed by atoms with Crippen LogP contribution < -0.4 is 5.32 Å². The highest BCUT2D eigenvalue weighted by atomic mass is 32.2. The molecule has 26 heavy (non-hydrogen) atoms. The van der Waals surface area contributed by atoms with Crippen molar-refractivity contribution in [2.24, 2.45) is 5.92 Å². The predicted octanol–water partition coefficient (Wildman–Crippen LogP) is 3.00. The van der Waals surface area contributed by atoms with E-state index in [1.807, 2.05) is 18.2 Å². The first-order valence-corrected chi connectivity index (χ1v) is 10.8. The Morgan fingerprint density at radius 1 is 1.27 bits per heavy atom. The zero-order chi connectivity index (χ0) is 18.2. The number of rotatable bonds is 8. The van der Waals surface area contributed by atoms with E-state index in [0.717, 1.165) is 23.1 Å². The van der Waals surface area contributed by atoms with E-state index >= 15 is 0 Å². The van der Waals surface area contributed by atoms with Crippen molar-refractivity contribution >= 4 is 23.6 Å². The molecule has 0 bridgehead atoms. The number of nitrogens with zero attached hydrogens (tertiary/aromatic N) is 2. The van der Waals surface area contributed by atoms with E-state index in [9.17, 15) is 9.59 Å². The maximum atomic E-state index is 12.3. The summed E-state index contributed by atoms with van der Waals surface area (Å²) in [6.07, 6.45) is 9.90. The lowest BCUT2D eigenvalue weighted by molar-refractivity contribution is -0.129. The molecular formula is C20H29N3O2S. The minimum atomic E-state index is -0.225. The Labute approximate surface area is 160 Å². The normalized spacial score (nSPS) is 21.2. The fourth-order valence-corrected chi connectivity index (χ4v) is 5.01. The Balaban J connectivity index is 1.32. The summed E-state index contributed by atoms with van der Waals surface area (Å²) in [5, 5.41) is 3.85. The molecule has 0 unspecified atom stereocenters. The van der Waals surface area contributed by atoms with Crippen molar-refractivity contribution in [3.63, 3.8) is 0 Å². The third-order valence-corrected chi connectivity index (χ3v) is 6.66. The van der Waals surface area contributed by atoms with E-state index in [0.29, 0.717) is 26.1 Å². The molecule has 142 valence electrons. The fourth-order valence-electron chi connectivity index (χ4n) is 3.70. The first-order chi connectivity index (χ1) is 12.7. The van der Waals surface area contributed by atoms with E-state index in [4.69, 9.17) is 0 Å². The Bertz CT molecular complexity index is 590. The minimum absolute atomic E-state index is 0.0181. The summed E-state index contributed by atoms with van der Waals surface area (Å²) < 4.78 is 0. The number of aromatic nitrogens is 1. The zero-order valence-electron chi connectivity index (χ0n) is 15.4. The highest BCUT2D eigenvalue weighted by molar-refractivity contribution is 7.99. The molecule has 0 radical (unpaired) electrons. The van der Waals surface area contributed by atoms with Crippen molar-refractivity contribution in [1.82, 2.24) is 15.2 Å². The number of likely N-dealkylation sites (tertiary alicyclic amines) is 1. The number of nitrogens with one attached hydrogen (secondary N) is 1. The van der Waals surface area contributed by atoms with Crippen LogP contribution in [0.1, 0.15) is 50.6 Å². The van der Waals surface area contributed by atoms with Crippen LogP contribution in [0.3, 0.4) is 0 Å². The molecule has 2 aliphatic rings. The van der Waals surface area contributed by atoms with Crippen molar-refractivity contribution in [2.75, 3.05) is 18.8 Å². The van der Waals surface area contributed by atoms with E-state index in [-0.39, 0.29) is 17.7 Å². The summed E-state index contributed by atoms with van der Waals surface area (Å²) in [5.41, 5.74) is 0.863. The van der Waals surface area contributed by atoms with Gasteiger partial charge in [-0.1, -0.05) is 25.3 Å². The molecule has 1 aromatic heterocycles. The van der Waals surface area contributed by atoms with E-state index in [2.05, 4.69) is 22.1 Å². The summed E-state index contributed by atoms with van der Waals surface area (Å²) in [7, 11) is 0. The quantitative estimate of drug-likeness (QED) is 0.710. The zero-order valence-corrected chi connectivity index (χ0v) is 16.2. The largest absolute Gasteiger partial charge is 0.356 e. The Morgan fingerprint density at radius 2 is 2.12 bits per heavy atom. The number of thioether (sulfide) groups is 1. The molecule has 2 fully saturated rings. The Hall–Kier alpha value is -1.56. The fraction of sp³-hybridized carbons (Fsp3) is 0.650. The molecule has 1 N–H and O–H groups in total. The molecule has 1 aliphatic heterocycles. The van der Waals surface area contributed by atoms with Gasteiger partial charge in [-0.3, -0.25) is 14.6 Å². The molecule has 1 atom stereocenters. The summed E-state index contributed by atoms with van der Waals surface area (Å²) in [6, 6.07) is 5.68. The molecular weight excluding hydrogens is 346 g/mol. The van der Waals surface area contributed by atoms with Gasteiger partial charge < -0.3 is 10.2 Å². The predicted molar refractivity (Wildman–Crippen MR) is 105 cm³/mol. The summed E-state index contributed by atoms with van der Waals surface area (Å²) in [4.78, 5) is 30.5. The van der Waals surface area contributed by atoms with Gasteiger partial charge in [0.2, 0.25) is 11.8 Å². The van der Waals surface area contributed by atoms with Crippen LogP contribution in [0.25, 0.3) is 0 Å².